The number of piperidine rings is 1. The van der Waals surface area contributed by atoms with Gasteiger partial charge in [-0.2, -0.15) is 18.4 Å². The summed E-state index contributed by atoms with van der Waals surface area (Å²) in [6, 6.07) is 5.29. The second-order valence-corrected chi connectivity index (χ2v) is 12.0. The zero-order valence-corrected chi connectivity index (χ0v) is 19.3. The molecule has 7 nitrogen and oxygen atoms in total. The molecule has 2 aromatic heterocycles. The monoisotopic (exact) mass is 488 g/mol. The number of anilines is 1. The standard InChI is InChI=1S/C23H24F3N6OP/c24-23(25,26)18-13-30-22(31-15-4-3-7-28-11-15)32-19(18)17-12-29-20-16(17)6-5-14(10-27)21(20)34(33)8-1-2-9-34/h5-6,12-13,15,28-29H,1-4,7-9,11H2,(H,30,31,32)/t15-/m0/s1. The Morgan fingerprint density at radius 1 is 1.21 bits per heavy atom. The Hall–Kier alpha value is -2.89. The van der Waals surface area contributed by atoms with Gasteiger partial charge in [-0.15, -0.1) is 0 Å². The first kappa shape index (κ1) is 22.9. The molecule has 1 aromatic carbocycles. The molecule has 0 radical (unpaired) electrons. The summed E-state index contributed by atoms with van der Waals surface area (Å²) in [5.74, 6) is 0.128. The van der Waals surface area contributed by atoms with Crippen LogP contribution in [0.4, 0.5) is 19.1 Å². The van der Waals surface area contributed by atoms with Crippen LogP contribution in [-0.2, 0) is 10.7 Å². The van der Waals surface area contributed by atoms with E-state index in [-0.39, 0.29) is 23.2 Å². The molecule has 3 aromatic rings. The molecule has 2 saturated heterocycles. The second kappa shape index (κ2) is 8.71. The van der Waals surface area contributed by atoms with Crippen LogP contribution in [0.5, 0.6) is 0 Å². The summed E-state index contributed by atoms with van der Waals surface area (Å²) in [4.78, 5) is 11.3. The molecule has 178 valence electrons. The van der Waals surface area contributed by atoms with Gasteiger partial charge in [-0.1, -0.05) is 6.07 Å². The molecule has 34 heavy (non-hydrogen) atoms. The molecule has 0 bridgehead atoms. The summed E-state index contributed by atoms with van der Waals surface area (Å²) in [7, 11) is -2.81. The maximum absolute atomic E-state index is 13.9. The van der Waals surface area contributed by atoms with Gasteiger partial charge in [0.25, 0.3) is 0 Å². The molecule has 0 spiro atoms. The summed E-state index contributed by atoms with van der Waals surface area (Å²) >= 11 is 0. The third-order valence-electron chi connectivity index (χ3n) is 6.62. The second-order valence-electron chi connectivity index (χ2n) is 8.88. The maximum atomic E-state index is 13.9. The highest BCUT2D eigenvalue weighted by Crippen LogP contribution is 2.53. The van der Waals surface area contributed by atoms with Crippen LogP contribution < -0.4 is 15.9 Å². The van der Waals surface area contributed by atoms with Crippen molar-refractivity contribution in [3.63, 3.8) is 0 Å². The lowest BCUT2D eigenvalue weighted by Gasteiger charge is -2.24. The largest absolute Gasteiger partial charge is 0.419 e. The zero-order chi connectivity index (χ0) is 23.9. The van der Waals surface area contributed by atoms with Crippen LogP contribution >= 0.6 is 7.14 Å². The fourth-order valence-electron chi connectivity index (χ4n) is 4.98. The smallest absolute Gasteiger partial charge is 0.360 e. The van der Waals surface area contributed by atoms with Crippen molar-refractivity contribution in [1.29, 1.82) is 5.26 Å². The molecular formula is C23H24F3N6OP. The molecule has 0 aliphatic carbocycles. The minimum absolute atomic E-state index is 0.0265. The molecule has 2 fully saturated rings. The van der Waals surface area contributed by atoms with Gasteiger partial charge in [-0.05, 0) is 38.3 Å². The first-order chi connectivity index (χ1) is 16.3. The van der Waals surface area contributed by atoms with E-state index in [1.165, 1.54) is 6.20 Å². The first-order valence-corrected chi connectivity index (χ1v) is 13.4. The third kappa shape index (κ3) is 4.08. The number of halogens is 3. The van der Waals surface area contributed by atoms with E-state index in [0.717, 1.165) is 38.4 Å². The molecule has 2 aliphatic rings. The van der Waals surface area contributed by atoms with E-state index in [2.05, 4.69) is 31.7 Å². The number of nitrogens with zero attached hydrogens (tertiary/aromatic N) is 3. The average Bonchev–Trinajstić information content (AvgIpc) is 3.45. The van der Waals surface area contributed by atoms with E-state index in [4.69, 9.17) is 0 Å². The van der Waals surface area contributed by atoms with Gasteiger partial charge >= 0.3 is 6.18 Å². The van der Waals surface area contributed by atoms with Crippen molar-refractivity contribution in [1.82, 2.24) is 20.3 Å². The number of fused-ring (bicyclic) bond motifs is 1. The lowest BCUT2D eigenvalue weighted by atomic mass is 10.0. The fourth-order valence-corrected chi connectivity index (χ4v) is 8.28. The van der Waals surface area contributed by atoms with Gasteiger partial charge in [0.15, 0.2) is 0 Å². The maximum Gasteiger partial charge on any atom is 0.419 e. The number of alkyl halides is 3. The molecule has 2 aliphatic heterocycles. The van der Waals surface area contributed by atoms with Gasteiger partial charge in [0.05, 0.1) is 28.1 Å². The Balaban J connectivity index is 1.66. The highest BCUT2D eigenvalue weighted by Gasteiger charge is 2.38. The van der Waals surface area contributed by atoms with E-state index in [9.17, 15) is 23.0 Å². The average molecular weight is 488 g/mol. The molecule has 1 atom stereocenters. The number of aromatic nitrogens is 3. The Morgan fingerprint density at radius 2 is 2.00 bits per heavy atom. The van der Waals surface area contributed by atoms with E-state index in [0.29, 0.717) is 40.6 Å². The number of hydrogen-bond acceptors (Lipinski definition) is 6. The van der Waals surface area contributed by atoms with Crippen LogP contribution in [0.15, 0.2) is 24.5 Å². The lowest BCUT2D eigenvalue weighted by molar-refractivity contribution is -0.137. The van der Waals surface area contributed by atoms with Crippen LogP contribution in [0.1, 0.15) is 36.8 Å². The Morgan fingerprint density at radius 3 is 2.68 bits per heavy atom. The number of rotatable bonds is 4. The molecule has 3 N–H and O–H groups in total. The van der Waals surface area contributed by atoms with Gasteiger partial charge < -0.3 is 20.2 Å². The first-order valence-electron chi connectivity index (χ1n) is 11.3. The van der Waals surface area contributed by atoms with Crippen molar-refractivity contribution in [2.45, 2.75) is 37.9 Å². The molecule has 11 heteroatoms. The van der Waals surface area contributed by atoms with Crippen molar-refractivity contribution in [3.05, 3.63) is 35.7 Å². The number of nitrogens with one attached hydrogen (secondary N) is 3. The van der Waals surface area contributed by atoms with E-state index < -0.39 is 18.9 Å². The number of aromatic amines is 1. The van der Waals surface area contributed by atoms with Gasteiger partial charge in [0.2, 0.25) is 5.95 Å². The molecular weight excluding hydrogens is 464 g/mol. The number of nitriles is 1. The van der Waals surface area contributed by atoms with Gasteiger partial charge in [0.1, 0.15) is 12.7 Å². The zero-order valence-electron chi connectivity index (χ0n) is 18.4. The minimum atomic E-state index is -4.66. The Labute approximate surface area is 194 Å². The summed E-state index contributed by atoms with van der Waals surface area (Å²) in [5.41, 5.74) is -0.195. The van der Waals surface area contributed by atoms with Crippen LogP contribution in [0.3, 0.4) is 0 Å². The van der Waals surface area contributed by atoms with Gasteiger partial charge in [-0.3, -0.25) is 0 Å². The van der Waals surface area contributed by atoms with Crippen molar-refractivity contribution < 1.29 is 17.7 Å². The summed E-state index contributed by atoms with van der Waals surface area (Å²) in [6.45, 7) is 1.59. The summed E-state index contributed by atoms with van der Waals surface area (Å²) in [6.07, 6.45) is 2.05. The third-order valence-corrected chi connectivity index (χ3v) is 9.98. The summed E-state index contributed by atoms with van der Waals surface area (Å²) in [5, 5.41) is 17.0. The van der Waals surface area contributed by atoms with Crippen molar-refractivity contribution in [3.8, 4) is 17.3 Å². The van der Waals surface area contributed by atoms with Gasteiger partial charge in [-0.25, -0.2) is 9.97 Å². The predicted molar refractivity (Wildman–Crippen MR) is 125 cm³/mol. The number of benzene rings is 1. The van der Waals surface area contributed by atoms with E-state index in [1.54, 1.807) is 12.1 Å². The highest BCUT2D eigenvalue weighted by atomic mass is 31.2. The van der Waals surface area contributed by atoms with Crippen LogP contribution in [0, 0.1) is 11.3 Å². The Bertz CT molecular complexity index is 1310. The Kier molecular flexibility index (Phi) is 5.86. The van der Waals surface area contributed by atoms with Gasteiger partial charge in [0, 0.05) is 48.3 Å². The quantitative estimate of drug-likeness (QED) is 0.468. The normalized spacial score (nSPS) is 20.4. The van der Waals surface area contributed by atoms with Crippen LogP contribution in [-0.4, -0.2) is 46.4 Å². The number of H-pyrrole nitrogens is 1. The molecule has 0 unspecified atom stereocenters. The van der Waals surface area contributed by atoms with E-state index >= 15 is 0 Å². The molecule has 5 rings (SSSR count). The SMILES string of the molecule is N#Cc1ccc2c(-c3nc(N[C@H]4CCCNC4)ncc3C(F)(F)F)c[nH]c2c1P1(=O)CCCC1. The molecule has 4 heterocycles. The number of hydrogen-bond donors (Lipinski definition) is 3. The van der Waals surface area contributed by atoms with Crippen LogP contribution in [0.2, 0.25) is 0 Å². The molecule has 0 saturated carbocycles. The topological polar surface area (TPSA) is 106 Å². The molecule has 0 amide bonds. The minimum Gasteiger partial charge on any atom is -0.360 e. The summed E-state index contributed by atoms with van der Waals surface area (Å²) < 4.78 is 55.4. The highest BCUT2D eigenvalue weighted by molar-refractivity contribution is 7.72. The lowest BCUT2D eigenvalue weighted by Crippen LogP contribution is -2.38. The van der Waals surface area contributed by atoms with Crippen molar-refractivity contribution in [2.24, 2.45) is 0 Å². The fraction of sp³-hybridized carbons (Fsp3) is 0.435. The van der Waals surface area contributed by atoms with Crippen molar-refractivity contribution in [2.75, 3.05) is 30.7 Å². The van der Waals surface area contributed by atoms with Crippen molar-refractivity contribution >= 4 is 29.3 Å². The van der Waals surface area contributed by atoms with E-state index in [1.807, 2.05) is 0 Å². The van der Waals surface area contributed by atoms with Crippen LogP contribution in [0.25, 0.3) is 22.2 Å². The predicted octanol–water partition coefficient (Wildman–Crippen LogP) is 4.46.